The van der Waals surface area contributed by atoms with Crippen molar-refractivity contribution in [3.63, 3.8) is 0 Å². The topological polar surface area (TPSA) is 41.6 Å². The van der Waals surface area contributed by atoms with Crippen molar-refractivity contribution < 1.29 is 9.53 Å². The maximum absolute atomic E-state index is 11.5. The van der Waals surface area contributed by atoms with Crippen LogP contribution in [0.5, 0.6) is 5.75 Å². The fourth-order valence-corrected chi connectivity index (χ4v) is 2.40. The number of carbonyl (C=O) groups excluding carboxylic acids is 1. The number of hydrogen-bond donors (Lipinski definition) is 1. The molecule has 0 radical (unpaired) electrons. The third kappa shape index (κ3) is 5.55. The minimum atomic E-state index is 0.130. The molecule has 0 aliphatic heterocycles. The first kappa shape index (κ1) is 18.3. The smallest absolute Gasteiger partial charge is 0.223 e. The average Bonchev–Trinajstić information content (AvgIpc) is 2.61. The fourth-order valence-electron chi connectivity index (χ4n) is 2.21. The summed E-state index contributed by atoms with van der Waals surface area (Å²) >= 11 is 6.11. The van der Waals surface area contributed by atoms with Gasteiger partial charge in [0.05, 0.1) is 6.67 Å². The number of rotatable bonds is 8. The van der Waals surface area contributed by atoms with E-state index < -0.39 is 0 Å². The molecule has 0 heterocycles. The minimum absolute atomic E-state index is 0.130. The lowest BCUT2D eigenvalue weighted by molar-refractivity contribution is -0.129. The lowest BCUT2D eigenvalue weighted by Gasteiger charge is -2.17. The number of benzene rings is 2. The molecule has 0 aromatic heterocycles. The highest BCUT2D eigenvalue weighted by atomic mass is 35.5. The number of hydrogen-bond acceptors (Lipinski definition) is 3. The first-order chi connectivity index (χ1) is 11.6. The van der Waals surface area contributed by atoms with Gasteiger partial charge in [0, 0.05) is 30.6 Å². The van der Waals surface area contributed by atoms with Gasteiger partial charge < -0.3 is 9.64 Å². The molecular weight excluding hydrogens is 324 g/mol. The van der Waals surface area contributed by atoms with E-state index in [1.54, 1.807) is 11.9 Å². The summed E-state index contributed by atoms with van der Waals surface area (Å²) in [5.41, 5.74) is 2.10. The molecule has 0 spiro atoms. The monoisotopic (exact) mass is 346 g/mol. The van der Waals surface area contributed by atoms with Crippen molar-refractivity contribution in [1.29, 1.82) is 0 Å². The van der Waals surface area contributed by atoms with Crippen LogP contribution in [0, 0.1) is 0 Å². The Bertz CT molecular complexity index is 659. The van der Waals surface area contributed by atoms with Crippen molar-refractivity contribution in [3.05, 3.63) is 64.7 Å². The molecule has 4 nitrogen and oxygen atoms in total. The lowest BCUT2D eigenvalue weighted by atomic mass is 10.2. The van der Waals surface area contributed by atoms with E-state index in [9.17, 15) is 4.79 Å². The molecule has 2 rings (SSSR count). The van der Waals surface area contributed by atoms with E-state index in [0.29, 0.717) is 31.3 Å². The summed E-state index contributed by atoms with van der Waals surface area (Å²) < 4.78 is 5.76. The van der Waals surface area contributed by atoms with Gasteiger partial charge in [0.25, 0.3) is 0 Å². The van der Waals surface area contributed by atoms with Crippen LogP contribution in [0.4, 0.5) is 0 Å². The second-order valence-electron chi connectivity index (χ2n) is 5.55. The van der Waals surface area contributed by atoms with Crippen molar-refractivity contribution in [2.45, 2.75) is 26.5 Å². The Morgan fingerprint density at radius 2 is 1.88 bits per heavy atom. The largest absolute Gasteiger partial charge is 0.489 e. The molecule has 0 fully saturated rings. The van der Waals surface area contributed by atoms with Crippen molar-refractivity contribution in [2.75, 3.05) is 13.7 Å². The van der Waals surface area contributed by atoms with Crippen LogP contribution in [0.15, 0.2) is 48.5 Å². The Kier molecular flexibility index (Phi) is 7.09. The standard InChI is InChI=1S/C19H23ClN2O2/c1-3-19(23)22(2)14-21-12-15-8-10-17(11-9-15)24-13-16-6-4-5-7-18(16)20/h4-11,21H,3,12-14H2,1-2H3. The SMILES string of the molecule is CCC(=O)N(C)CNCc1ccc(OCc2ccccc2Cl)cc1. The second-order valence-corrected chi connectivity index (χ2v) is 5.96. The zero-order valence-electron chi connectivity index (χ0n) is 14.1. The highest BCUT2D eigenvalue weighted by Gasteiger charge is 2.04. The molecule has 2 aromatic rings. The molecular formula is C19H23ClN2O2. The predicted octanol–water partition coefficient (Wildman–Crippen LogP) is 3.83. The highest BCUT2D eigenvalue weighted by molar-refractivity contribution is 6.31. The van der Waals surface area contributed by atoms with Gasteiger partial charge in [-0.3, -0.25) is 10.1 Å². The summed E-state index contributed by atoms with van der Waals surface area (Å²) in [5.74, 6) is 0.933. The van der Waals surface area contributed by atoms with Gasteiger partial charge in [0.1, 0.15) is 12.4 Å². The van der Waals surface area contributed by atoms with Crippen LogP contribution in [0.3, 0.4) is 0 Å². The van der Waals surface area contributed by atoms with Crippen LogP contribution in [0.2, 0.25) is 5.02 Å². The Labute approximate surface area is 148 Å². The van der Waals surface area contributed by atoms with E-state index in [1.165, 1.54) is 0 Å². The van der Waals surface area contributed by atoms with Crippen LogP contribution in [0.1, 0.15) is 24.5 Å². The van der Waals surface area contributed by atoms with E-state index in [4.69, 9.17) is 16.3 Å². The van der Waals surface area contributed by atoms with E-state index in [-0.39, 0.29) is 5.91 Å². The summed E-state index contributed by atoms with van der Waals surface area (Å²) in [7, 11) is 1.80. The molecule has 5 heteroatoms. The van der Waals surface area contributed by atoms with Gasteiger partial charge in [-0.05, 0) is 23.8 Å². The van der Waals surface area contributed by atoms with Gasteiger partial charge >= 0.3 is 0 Å². The number of nitrogens with zero attached hydrogens (tertiary/aromatic N) is 1. The number of carbonyl (C=O) groups is 1. The number of halogens is 1. The first-order valence-electron chi connectivity index (χ1n) is 8.00. The van der Waals surface area contributed by atoms with Crippen LogP contribution in [-0.4, -0.2) is 24.5 Å². The zero-order valence-corrected chi connectivity index (χ0v) is 14.8. The van der Waals surface area contributed by atoms with Gasteiger partial charge in [0.2, 0.25) is 5.91 Å². The molecule has 1 amide bonds. The fraction of sp³-hybridized carbons (Fsp3) is 0.316. The van der Waals surface area contributed by atoms with Crippen LogP contribution < -0.4 is 10.1 Å². The number of amides is 1. The van der Waals surface area contributed by atoms with E-state index >= 15 is 0 Å². The Morgan fingerprint density at radius 3 is 2.54 bits per heavy atom. The third-order valence-electron chi connectivity index (χ3n) is 3.68. The Balaban J connectivity index is 1.78. The summed E-state index contributed by atoms with van der Waals surface area (Å²) in [6, 6.07) is 15.6. The third-order valence-corrected chi connectivity index (χ3v) is 4.05. The van der Waals surface area contributed by atoms with E-state index in [2.05, 4.69) is 5.32 Å². The molecule has 24 heavy (non-hydrogen) atoms. The maximum Gasteiger partial charge on any atom is 0.223 e. The summed E-state index contributed by atoms with van der Waals surface area (Å²) in [4.78, 5) is 13.2. The van der Waals surface area contributed by atoms with Crippen molar-refractivity contribution in [1.82, 2.24) is 10.2 Å². The van der Waals surface area contributed by atoms with Gasteiger partial charge in [-0.2, -0.15) is 0 Å². The quantitative estimate of drug-likeness (QED) is 0.738. The van der Waals surface area contributed by atoms with E-state index in [1.807, 2.05) is 55.5 Å². The Morgan fingerprint density at radius 1 is 1.17 bits per heavy atom. The van der Waals surface area contributed by atoms with Crippen LogP contribution in [0.25, 0.3) is 0 Å². The molecule has 0 saturated heterocycles. The predicted molar refractivity (Wildman–Crippen MR) is 97.0 cm³/mol. The zero-order chi connectivity index (χ0) is 17.4. The molecule has 0 saturated carbocycles. The van der Waals surface area contributed by atoms with Gasteiger partial charge in [0.15, 0.2) is 0 Å². The summed E-state index contributed by atoms with van der Waals surface area (Å²) in [5, 5.41) is 3.96. The molecule has 0 aliphatic rings. The van der Waals surface area contributed by atoms with Gasteiger partial charge in [-0.25, -0.2) is 0 Å². The second kappa shape index (κ2) is 9.30. The first-order valence-corrected chi connectivity index (χ1v) is 8.37. The Hall–Kier alpha value is -2.04. The molecule has 0 aliphatic carbocycles. The number of ether oxygens (including phenoxy) is 1. The van der Waals surface area contributed by atoms with Gasteiger partial charge in [-0.15, -0.1) is 0 Å². The normalized spacial score (nSPS) is 10.5. The van der Waals surface area contributed by atoms with Crippen molar-refractivity contribution in [2.24, 2.45) is 0 Å². The molecule has 2 aromatic carbocycles. The summed E-state index contributed by atoms with van der Waals surface area (Å²) in [6.07, 6.45) is 0.523. The molecule has 0 bridgehead atoms. The average molecular weight is 347 g/mol. The molecule has 1 N–H and O–H groups in total. The van der Waals surface area contributed by atoms with Crippen LogP contribution >= 0.6 is 11.6 Å². The van der Waals surface area contributed by atoms with Crippen molar-refractivity contribution >= 4 is 17.5 Å². The maximum atomic E-state index is 11.5. The van der Waals surface area contributed by atoms with Gasteiger partial charge in [-0.1, -0.05) is 48.9 Å². The number of nitrogens with one attached hydrogen (secondary N) is 1. The molecule has 128 valence electrons. The molecule has 0 unspecified atom stereocenters. The lowest BCUT2D eigenvalue weighted by Crippen LogP contribution is -2.35. The van der Waals surface area contributed by atoms with Crippen LogP contribution in [-0.2, 0) is 17.9 Å². The van der Waals surface area contributed by atoms with E-state index in [0.717, 1.165) is 16.9 Å². The summed E-state index contributed by atoms with van der Waals surface area (Å²) in [6.45, 7) is 3.55. The highest BCUT2D eigenvalue weighted by Crippen LogP contribution is 2.18. The minimum Gasteiger partial charge on any atom is -0.489 e. The molecule has 0 atom stereocenters. The van der Waals surface area contributed by atoms with Crippen molar-refractivity contribution in [3.8, 4) is 5.75 Å².